The smallest absolute Gasteiger partial charge is 0.289 e. The molecule has 1 N–H and O–H groups in total. The molecule has 0 saturated carbocycles. The number of carbonyl (C=O) groups is 1. The number of rotatable bonds is 6. The van der Waals surface area contributed by atoms with Crippen LogP contribution in [0, 0.1) is 0 Å². The Morgan fingerprint density at radius 1 is 1.18 bits per heavy atom. The van der Waals surface area contributed by atoms with E-state index in [4.69, 9.17) is 4.42 Å². The van der Waals surface area contributed by atoms with E-state index in [1.54, 1.807) is 18.0 Å². The number of benzene rings is 1. The van der Waals surface area contributed by atoms with Crippen molar-refractivity contribution >= 4 is 18.3 Å². The number of nitrogens with one attached hydrogen (secondary N) is 1. The van der Waals surface area contributed by atoms with Crippen LogP contribution in [0.2, 0.25) is 0 Å². The first kappa shape index (κ1) is 18.3. The number of amides is 1. The molecule has 1 aromatic carbocycles. The Kier molecular flexibility index (Phi) is 7.15. The van der Waals surface area contributed by atoms with Crippen molar-refractivity contribution in [1.82, 2.24) is 10.2 Å². The maximum Gasteiger partial charge on any atom is 0.289 e. The van der Waals surface area contributed by atoms with Crippen LogP contribution in [0.1, 0.15) is 23.0 Å². The van der Waals surface area contributed by atoms with Crippen LogP contribution in [-0.2, 0) is 6.42 Å². The maximum atomic E-state index is 12.2. The number of likely N-dealkylation sites (N-methyl/N-ethyl adjacent to an activating group) is 2. The highest BCUT2D eigenvalue weighted by Crippen LogP contribution is 2.23. The van der Waals surface area contributed by atoms with Crippen molar-refractivity contribution in [2.45, 2.75) is 13.3 Å². The number of nitrogens with zero attached hydrogens (tertiary/aromatic N) is 1. The van der Waals surface area contributed by atoms with Crippen molar-refractivity contribution in [2.75, 3.05) is 27.2 Å². The highest BCUT2D eigenvalue weighted by Gasteiger charge is 2.16. The first-order valence-corrected chi connectivity index (χ1v) is 7.25. The molecular formula is C17H23ClN2O2. The predicted octanol–water partition coefficient (Wildman–Crippen LogP) is 3.22. The standard InChI is InChI=1S/C17H22N2O2.ClH/c1-4-13-5-7-14(8-6-13)15-9-10-16(21-15)17(20)19(3)12-11-18-2;/h5-10,18H,4,11-12H2,1-3H3;1H. The zero-order valence-corrected chi connectivity index (χ0v) is 14.1. The Balaban J connectivity index is 0.00000242. The minimum atomic E-state index is -0.0957. The summed E-state index contributed by atoms with van der Waals surface area (Å²) in [4.78, 5) is 13.9. The Morgan fingerprint density at radius 2 is 1.86 bits per heavy atom. The lowest BCUT2D eigenvalue weighted by molar-refractivity contribution is 0.0766. The molecule has 120 valence electrons. The first-order chi connectivity index (χ1) is 10.2. The van der Waals surface area contributed by atoms with Gasteiger partial charge in [-0.1, -0.05) is 31.2 Å². The summed E-state index contributed by atoms with van der Waals surface area (Å²) in [7, 11) is 3.64. The minimum Gasteiger partial charge on any atom is -0.451 e. The molecule has 0 spiro atoms. The minimum absolute atomic E-state index is 0. The molecule has 0 radical (unpaired) electrons. The third-order valence-electron chi connectivity index (χ3n) is 3.51. The summed E-state index contributed by atoms with van der Waals surface area (Å²) in [5.41, 5.74) is 2.28. The van der Waals surface area contributed by atoms with E-state index >= 15 is 0 Å². The molecule has 0 unspecified atom stereocenters. The summed E-state index contributed by atoms with van der Waals surface area (Å²) in [6, 6.07) is 11.8. The van der Waals surface area contributed by atoms with Gasteiger partial charge in [-0.3, -0.25) is 4.79 Å². The van der Waals surface area contributed by atoms with Gasteiger partial charge in [0.2, 0.25) is 0 Å². The van der Waals surface area contributed by atoms with Gasteiger partial charge in [-0.2, -0.15) is 0 Å². The predicted molar refractivity (Wildman–Crippen MR) is 91.7 cm³/mol. The zero-order valence-electron chi connectivity index (χ0n) is 13.3. The molecule has 1 aromatic heterocycles. The van der Waals surface area contributed by atoms with E-state index < -0.39 is 0 Å². The van der Waals surface area contributed by atoms with E-state index in [1.165, 1.54) is 5.56 Å². The number of furan rings is 1. The summed E-state index contributed by atoms with van der Waals surface area (Å²) in [5.74, 6) is 1.01. The Labute approximate surface area is 137 Å². The van der Waals surface area contributed by atoms with E-state index in [0.29, 0.717) is 12.3 Å². The average Bonchev–Trinajstić information content (AvgIpc) is 3.01. The van der Waals surface area contributed by atoms with Crippen LogP contribution < -0.4 is 5.32 Å². The normalized spacial score (nSPS) is 10.1. The Morgan fingerprint density at radius 3 is 2.45 bits per heavy atom. The molecule has 5 heteroatoms. The lowest BCUT2D eigenvalue weighted by Gasteiger charge is -2.14. The molecular weight excluding hydrogens is 300 g/mol. The molecule has 1 amide bonds. The van der Waals surface area contributed by atoms with E-state index in [0.717, 1.165) is 24.3 Å². The molecule has 0 fully saturated rings. The van der Waals surface area contributed by atoms with Gasteiger partial charge in [0.1, 0.15) is 5.76 Å². The van der Waals surface area contributed by atoms with Crippen molar-refractivity contribution in [3.05, 3.63) is 47.7 Å². The number of hydrogen-bond donors (Lipinski definition) is 1. The maximum absolute atomic E-state index is 12.2. The largest absolute Gasteiger partial charge is 0.451 e. The lowest BCUT2D eigenvalue weighted by atomic mass is 10.1. The van der Waals surface area contributed by atoms with E-state index in [-0.39, 0.29) is 18.3 Å². The van der Waals surface area contributed by atoms with Gasteiger partial charge in [-0.05, 0) is 31.2 Å². The monoisotopic (exact) mass is 322 g/mol. The molecule has 1 heterocycles. The van der Waals surface area contributed by atoms with Crippen molar-refractivity contribution < 1.29 is 9.21 Å². The van der Waals surface area contributed by atoms with Crippen LogP contribution >= 0.6 is 12.4 Å². The molecule has 0 aliphatic carbocycles. The fraction of sp³-hybridized carbons (Fsp3) is 0.353. The van der Waals surface area contributed by atoms with Crippen molar-refractivity contribution in [3.8, 4) is 11.3 Å². The van der Waals surface area contributed by atoms with Crippen molar-refractivity contribution in [2.24, 2.45) is 0 Å². The van der Waals surface area contributed by atoms with Gasteiger partial charge < -0.3 is 14.6 Å². The van der Waals surface area contributed by atoms with Gasteiger partial charge in [0, 0.05) is 25.7 Å². The van der Waals surface area contributed by atoms with Crippen LogP contribution in [0.15, 0.2) is 40.8 Å². The number of hydrogen-bond acceptors (Lipinski definition) is 3. The third kappa shape index (κ3) is 4.36. The summed E-state index contributed by atoms with van der Waals surface area (Å²) in [6.07, 6.45) is 1.01. The Hall–Kier alpha value is -1.78. The summed E-state index contributed by atoms with van der Waals surface area (Å²) in [5, 5.41) is 3.02. The quantitative estimate of drug-likeness (QED) is 0.888. The second-order valence-corrected chi connectivity index (χ2v) is 5.04. The third-order valence-corrected chi connectivity index (χ3v) is 3.51. The molecule has 0 bridgehead atoms. The highest BCUT2D eigenvalue weighted by molar-refractivity contribution is 5.91. The summed E-state index contributed by atoms with van der Waals surface area (Å²) >= 11 is 0. The number of halogens is 1. The molecule has 0 atom stereocenters. The molecule has 0 aliphatic heterocycles. The lowest BCUT2D eigenvalue weighted by Crippen LogP contribution is -2.32. The van der Waals surface area contributed by atoms with Crippen molar-refractivity contribution in [3.63, 3.8) is 0 Å². The van der Waals surface area contributed by atoms with E-state index in [2.05, 4.69) is 24.4 Å². The summed E-state index contributed by atoms with van der Waals surface area (Å²) in [6.45, 7) is 3.53. The number of aryl methyl sites for hydroxylation is 1. The fourth-order valence-corrected chi connectivity index (χ4v) is 2.08. The van der Waals surface area contributed by atoms with Gasteiger partial charge >= 0.3 is 0 Å². The van der Waals surface area contributed by atoms with E-state index in [1.807, 2.05) is 25.2 Å². The molecule has 2 aromatic rings. The number of carbonyl (C=O) groups excluding carboxylic acids is 1. The van der Waals surface area contributed by atoms with Crippen molar-refractivity contribution in [1.29, 1.82) is 0 Å². The van der Waals surface area contributed by atoms with Crippen LogP contribution in [0.25, 0.3) is 11.3 Å². The Bertz CT molecular complexity index is 593. The summed E-state index contributed by atoms with van der Waals surface area (Å²) < 4.78 is 5.69. The second kappa shape index (κ2) is 8.61. The van der Waals surface area contributed by atoms with Gasteiger partial charge in [0.25, 0.3) is 5.91 Å². The molecule has 22 heavy (non-hydrogen) atoms. The zero-order chi connectivity index (χ0) is 15.2. The highest BCUT2D eigenvalue weighted by atomic mass is 35.5. The van der Waals surface area contributed by atoms with Crippen LogP contribution in [-0.4, -0.2) is 38.0 Å². The second-order valence-electron chi connectivity index (χ2n) is 5.04. The fourth-order valence-electron chi connectivity index (χ4n) is 2.08. The average molecular weight is 323 g/mol. The van der Waals surface area contributed by atoms with Gasteiger partial charge in [0.15, 0.2) is 5.76 Å². The molecule has 0 saturated heterocycles. The first-order valence-electron chi connectivity index (χ1n) is 7.25. The molecule has 2 rings (SSSR count). The van der Waals surface area contributed by atoms with Gasteiger partial charge in [-0.25, -0.2) is 0 Å². The van der Waals surface area contributed by atoms with Crippen LogP contribution in [0.3, 0.4) is 0 Å². The van der Waals surface area contributed by atoms with Gasteiger partial charge in [0.05, 0.1) is 0 Å². The molecule has 4 nitrogen and oxygen atoms in total. The van der Waals surface area contributed by atoms with Gasteiger partial charge in [-0.15, -0.1) is 12.4 Å². The van der Waals surface area contributed by atoms with Crippen LogP contribution in [0.5, 0.6) is 0 Å². The topological polar surface area (TPSA) is 45.5 Å². The molecule has 0 aliphatic rings. The van der Waals surface area contributed by atoms with Crippen LogP contribution in [0.4, 0.5) is 0 Å². The van der Waals surface area contributed by atoms with E-state index in [9.17, 15) is 4.79 Å². The SMILES string of the molecule is CCc1ccc(-c2ccc(C(=O)N(C)CCNC)o2)cc1.Cl.